The summed E-state index contributed by atoms with van der Waals surface area (Å²) in [5.74, 6) is -0.576. The second kappa shape index (κ2) is 3.94. The Bertz CT molecular complexity index is 654. The number of amides is 1. The molecule has 3 rings (SSSR count). The van der Waals surface area contributed by atoms with E-state index < -0.39 is 0 Å². The second-order valence-corrected chi connectivity index (χ2v) is 4.32. The lowest BCUT2D eigenvalue weighted by Gasteiger charge is -2.11. The molecule has 0 radical (unpaired) electrons. The summed E-state index contributed by atoms with van der Waals surface area (Å²) in [5.41, 5.74) is 2.41. The topological polar surface area (TPSA) is 54.0 Å². The van der Waals surface area contributed by atoms with Crippen molar-refractivity contribution in [1.29, 1.82) is 0 Å². The van der Waals surface area contributed by atoms with Crippen LogP contribution in [0.5, 0.6) is 0 Å². The zero-order valence-electron chi connectivity index (χ0n) is 9.88. The molecular weight excluding hydrogens is 233 g/mol. The molecule has 0 atom stereocenters. The van der Waals surface area contributed by atoms with E-state index in [4.69, 9.17) is 0 Å². The van der Waals surface area contributed by atoms with Crippen LogP contribution in [0, 0.1) is 12.7 Å². The number of aromatic nitrogens is 1. The SMILES string of the molecule is Cc1ccc(F)c2c3c(cnc12)C(=O)NCCN3. The Morgan fingerprint density at radius 1 is 1.28 bits per heavy atom. The normalized spacial score (nSPS) is 14.7. The fraction of sp³-hybridized carbons (Fsp3) is 0.231. The summed E-state index contributed by atoms with van der Waals surface area (Å²) in [7, 11) is 0. The first-order valence-electron chi connectivity index (χ1n) is 5.78. The number of nitrogens with zero attached hydrogens (tertiary/aromatic N) is 1. The van der Waals surface area contributed by atoms with Gasteiger partial charge >= 0.3 is 0 Å². The van der Waals surface area contributed by atoms with Gasteiger partial charge in [-0.2, -0.15) is 0 Å². The summed E-state index contributed by atoms with van der Waals surface area (Å²) in [4.78, 5) is 16.0. The molecule has 1 amide bonds. The molecular formula is C13H12FN3O. The van der Waals surface area contributed by atoms with Crippen LogP contribution in [0.3, 0.4) is 0 Å². The molecule has 0 aliphatic carbocycles. The predicted molar refractivity (Wildman–Crippen MR) is 67.3 cm³/mol. The monoisotopic (exact) mass is 245 g/mol. The number of halogens is 1. The Morgan fingerprint density at radius 2 is 2.06 bits per heavy atom. The summed E-state index contributed by atoms with van der Waals surface area (Å²) >= 11 is 0. The van der Waals surface area contributed by atoms with Gasteiger partial charge in [0.05, 0.1) is 22.2 Å². The molecule has 1 aliphatic rings. The standard InChI is InChI=1S/C13H12FN3O/c1-7-2-3-9(14)10-11(7)17-6-8-12(10)15-4-5-16-13(8)18/h2-3,6,15H,4-5H2,1H3,(H,16,18). The van der Waals surface area contributed by atoms with Crippen LogP contribution in [0.25, 0.3) is 10.9 Å². The fourth-order valence-electron chi connectivity index (χ4n) is 2.22. The maximum absolute atomic E-state index is 14.0. The van der Waals surface area contributed by atoms with Crippen molar-refractivity contribution in [3.05, 3.63) is 35.3 Å². The van der Waals surface area contributed by atoms with Crippen LogP contribution in [-0.4, -0.2) is 24.0 Å². The number of benzene rings is 1. The number of fused-ring (bicyclic) bond motifs is 3. The highest BCUT2D eigenvalue weighted by molar-refractivity contribution is 6.08. The average Bonchev–Trinajstić information content (AvgIpc) is 2.56. The molecule has 5 heteroatoms. The summed E-state index contributed by atoms with van der Waals surface area (Å²) in [6, 6.07) is 3.10. The Kier molecular flexibility index (Phi) is 2.40. The maximum Gasteiger partial charge on any atom is 0.255 e. The fourth-order valence-corrected chi connectivity index (χ4v) is 2.22. The number of rotatable bonds is 0. The number of hydrogen-bond acceptors (Lipinski definition) is 3. The molecule has 0 spiro atoms. The number of carbonyl (C=O) groups is 1. The maximum atomic E-state index is 14.0. The van der Waals surface area contributed by atoms with Gasteiger partial charge in [0.15, 0.2) is 0 Å². The van der Waals surface area contributed by atoms with Crippen molar-refractivity contribution in [2.45, 2.75) is 6.92 Å². The Morgan fingerprint density at radius 3 is 2.89 bits per heavy atom. The van der Waals surface area contributed by atoms with Gasteiger partial charge in [0.25, 0.3) is 5.91 Å². The van der Waals surface area contributed by atoms with E-state index in [0.717, 1.165) is 5.56 Å². The Hall–Kier alpha value is -2.17. The van der Waals surface area contributed by atoms with Crippen molar-refractivity contribution in [3.8, 4) is 0 Å². The number of aryl methyl sites for hydroxylation is 1. The minimum atomic E-state index is -0.359. The van der Waals surface area contributed by atoms with Crippen LogP contribution >= 0.6 is 0 Å². The molecule has 0 fully saturated rings. The second-order valence-electron chi connectivity index (χ2n) is 4.32. The smallest absolute Gasteiger partial charge is 0.255 e. The molecule has 1 aliphatic heterocycles. The van der Waals surface area contributed by atoms with E-state index in [-0.39, 0.29) is 11.7 Å². The van der Waals surface area contributed by atoms with E-state index >= 15 is 0 Å². The molecule has 2 heterocycles. The zero-order valence-corrected chi connectivity index (χ0v) is 9.88. The summed E-state index contributed by atoms with van der Waals surface area (Å²) in [5, 5.41) is 6.23. The Balaban J connectivity index is 2.41. The molecule has 0 saturated heterocycles. The largest absolute Gasteiger partial charge is 0.382 e. The summed E-state index contributed by atoms with van der Waals surface area (Å²) in [6.07, 6.45) is 1.50. The lowest BCUT2D eigenvalue weighted by atomic mass is 10.1. The lowest BCUT2D eigenvalue weighted by molar-refractivity contribution is 0.0958. The highest BCUT2D eigenvalue weighted by Gasteiger charge is 2.20. The average molecular weight is 245 g/mol. The highest BCUT2D eigenvalue weighted by atomic mass is 19.1. The van der Waals surface area contributed by atoms with Crippen LogP contribution in [0.2, 0.25) is 0 Å². The lowest BCUT2D eigenvalue weighted by Crippen LogP contribution is -2.24. The van der Waals surface area contributed by atoms with E-state index in [9.17, 15) is 9.18 Å². The van der Waals surface area contributed by atoms with Crippen molar-refractivity contribution in [2.75, 3.05) is 18.4 Å². The van der Waals surface area contributed by atoms with Gasteiger partial charge in [-0.15, -0.1) is 0 Å². The van der Waals surface area contributed by atoms with Gasteiger partial charge in [0.2, 0.25) is 0 Å². The molecule has 0 bridgehead atoms. The minimum Gasteiger partial charge on any atom is -0.382 e. The van der Waals surface area contributed by atoms with E-state index in [2.05, 4.69) is 15.6 Å². The Labute approximate surface area is 103 Å². The third-order valence-electron chi connectivity index (χ3n) is 3.13. The summed E-state index contributed by atoms with van der Waals surface area (Å²) < 4.78 is 14.0. The quantitative estimate of drug-likeness (QED) is 0.744. The summed E-state index contributed by atoms with van der Waals surface area (Å²) in [6.45, 7) is 2.96. The van der Waals surface area contributed by atoms with Crippen LogP contribution < -0.4 is 10.6 Å². The molecule has 2 N–H and O–H groups in total. The van der Waals surface area contributed by atoms with Gasteiger partial charge in [-0.1, -0.05) is 6.07 Å². The van der Waals surface area contributed by atoms with Gasteiger partial charge in [0.1, 0.15) is 5.82 Å². The van der Waals surface area contributed by atoms with Gasteiger partial charge in [-0.25, -0.2) is 4.39 Å². The first-order chi connectivity index (χ1) is 8.68. The third kappa shape index (κ3) is 1.51. The van der Waals surface area contributed by atoms with Crippen LogP contribution in [0.4, 0.5) is 10.1 Å². The molecule has 2 aromatic rings. The minimum absolute atomic E-state index is 0.217. The molecule has 1 aromatic heterocycles. The zero-order chi connectivity index (χ0) is 12.7. The van der Waals surface area contributed by atoms with Crippen molar-refractivity contribution in [2.24, 2.45) is 0 Å². The number of anilines is 1. The molecule has 18 heavy (non-hydrogen) atoms. The first-order valence-corrected chi connectivity index (χ1v) is 5.78. The van der Waals surface area contributed by atoms with Gasteiger partial charge in [-0.3, -0.25) is 9.78 Å². The van der Waals surface area contributed by atoms with Crippen LogP contribution in [0.1, 0.15) is 15.9 Å². The molecule has 92 valence electrons. The molecule has 0 unspecified atom stereocenters. The number of nitrogens with one attached hydrogen (secondary N) is 2. The van der Waals surface area contributed by atoms with E-state index in [1.165, 1.54) is 12.3 Å². The van der Waals surface area contributed by atoms with Crippen molar-refractivity contribution in [3.63, 3.8) is 0 Å². The van der Waals surface area contributed by atoms with Gasteiger partial charge < -0.3 is 10.6 Å². The van der Waals surface area contributed by atoms with E-state index in [1.54, 1.807) is 6.07 Å². The van der Waals surface area contributed by atoms with E-state index in [0.29, 0.717) is 35.2 Å². The molecule has 0 saturated carbocycles. The highest BCUT2D eigenvalue weighted by Crippen LogP contribution is 2.30. The van der Waals surface area contributed by atoms with Gasteiger partial charge in [-0.05, 0) is 18.6 Å². The predicted octanol–water partition coefficient (Wildman–Crippen LogP) is 1.84. The molecule has 1 aromatic carbocycles. The van der Waals surface area contributed by atoms with Crippen LogP contribution in [0.15, 0.2) is 18.3 Å². The number of hydrogen-bond donors (Lipinski definition) is 2. The van der Waals surface area contributed by atoms with Crippen molar-refractivity contribution >= 4 is 22.5 Å². The van der Waals surface area contributed by atoms with Crippen LogP contribution in [-0.2, 0) is 0 Å². The molecule has 4 nitrogen and oxygen atoms in total. The van der Waals surface area contributed by atoms with Gasteiger partial charge in [0, 0.05) is 19.3 Å². The third-order valence-corrected chi connectivity index (χ3v) is 3.13. The van der Waals surface area contributed by atoms with Crippen molar-refractivity contribution in [1.82, 2.24) is 10.3 Å². The number of pyridine rings is 1. The number of carbonyl (C=O) groups excluding carboxylic acids is 1. The van der Waals surface area contributed by atoms with Crippen molar-refractivity contribution < 1.29 is 9.18 Å². The first kappa shape index (κ1) is 11.0. The van der Waals surface area contributed by atoms with E-state index in [1.807, 2.05) is 6.92 Å².